The van der Waals surface area contributed by atoms with Crippen molar-refractivity contribution < 1.29 is 33.8 Å². The van der Waals surface area contributed by atoms with Crippen molar-refractivity contribution in [3.05, 3.63) is 87.5 Å². The normalized spacial score (nSPS) is 25.6. The first-order valence-electron chi connectivity index (χ1n) is 13.2. The maximum Gasteiger partial charge on any atom is 0.238 e. The summed E-state index contributed by atoms with van der Waals surface area (Å²) in [7, 11) is 2.87. The molecule has 0 unspecified atom stereocenters. The molecule has 0 saturated carbocycles. The number of para-hydroxylation sites is 1. The van der Waals surface area contributed by atoms with E-state index in [9.17, 15) is 24.3 Å². The van der Waals surface area contributed by atoms with E-state index < -0.39 is 23.7 Å². The number of ether oxygens (including phenoxy) is 2. The number of phenolic OH excluding ortho intramolecular Hbond substituents is 1. The first-order valence-corrected chi connectivity index (χ1v) is 14.0. The highest BCUT2D eigenvalue weighted by Gasteiger charge is 2.56. The summed E-state index contributed by atoms with van der Waals surface area (Å²) in [5.41, 5.74) is 2.76. The minimum Gasteiger partial charge on any atom is -0.502 e. The number of nitrogens with zero attached hydrogens (tertiary/aromatic N) is 1. The van der Waals surface area contributed by atoms with Gasteiger partial charge in [0.15, 0.2) is 23.1 Å². The van der Waals surface area contributed by atoms with Crippen LogP contribution in [0.5, 0.6) is 17.2 Å². The van der Waals surface area contributed by atoms with Crippen LogP contribution < -0.4 is 14.4 Å². The number of hydrogen-bond acceptors (Lipinski definition) is 7. The van der Waals surface area contributed by atoms with Crippen molar-refractivity contribution in [1.29, 1.82) is 0 Å². The molecule has 4 atom stereocenters. The number of fused-ring (bicyclic) bond motifs is 3. The molecule has 2 aromatic carbocycles. The maximum absolute atomic E-state index is 13.9. The molecule has 4 aliphatic rings. The van der Waals surface area contributed by atoms with E-state index >= 15 is 0 Å². The number of amides is 2. The summed E-state index contributed by atoms with van der Waals surface area (Å²) in [6.07, 6.45) is 7.42. The van der Waals surface area contributed by atoms with Gasteiger partial charge in [-0.3, -0.25) is 24.1 Å². The van der Waals surface area contributed by atoms with Crippen LogP contribution in [0.4, 0.5) is 5.69 Å². The summed E-state index contributed by atoms with van der Waals surface area (Å²) in [6, 6.07) is 12.1. The highest BCUT2D eigenvalue weighted by atomic mass is 79.9. The fourth-order valence-corrected chi connectivity index (χ4v) is 6.98. The number of allylic oxidation sites excluding steroid dienone is 7. The Kier molecular flexibility index (Phi) is 6.77. The second-order valence-electron chi connectivity index (χ2n) is 10.4. The predicted octanol–water partition coefficient (Wildman–Crippen LogP) is 4.92. The lowest BCUT2D eigenvalue weighted by Gasteiger charge is -2.41. The summed E-state index contributed by atoms with van der Waals surface area (Å²) < 4.78 is 10.7. The van der Waals surface area contributed by atoms with E-state index in [0.29, 0.717) is 28.8 Å². The number of halogens is 1. The molecule has 1 aliphatic heterocycles. The van der Waals surface area contributed by atoms with E-state index in [1.54, 1.807) is 42.5 Å². The van der Waals surface area contributed by atoms with Crippen LogP contribution in [0, 0.1) is 23.7 Å². The first-order chi connectivity index (χ1) is 19.7. The van der Waals surface area contributed by atoms with Gasteiger partial charge in [0.2, 0.25) is 17.6 Å². The van der Waals surface area contributed by atoms with Crippen LogP contribution in [0.25, 0.3) is 6.08 Å². The minimum absolute atomic E-state index is 0.133. The molecule has 0 radical (unpaired) electrons. The number of methoxy groups -OCH3 is 2. The number of ketones is 2. The Balaban J connectivity index is 1.44. The summed E-state index contributed by atoms with van der Waals surface area (Å²) in [6.45, 7) is 0. The number of imide groups is 1. The topological polar surface area (TPSA) is 110 Å². The Morgan fingerprint density at radius 1 is 0.976 bits per heavy atom. The number of carbonyl (C=O) groups excluding carboxylic acids is 4. The molecule has 2 amide bonds. The van der Waals surface area contributed by atoms with Crippen molar-refractivity contribution in [2.75, 3.05) is 19.1 Å². The zero-order valence-corrected chi connectivity index (χ0v) is 23.9. The molecule has 2 aromatic rings. The molecule has 3 aliphatic carbocycles. The second kappa shape index (κ2) is 10.3. The molecule has 1 saturated heterocycles. The Bertz CT molecular complexity index is 1610. The third kappa shape index (κ3) is 4.26. The number of phenols is 1. The summed E-state index contributed by atoms with van der Waals surface area (Å²) in [4.78, 5) is 55.3. The minimum atomic E-state index is -0.644. The van der Waals surface area contributed by atoms with Crippen molar-refractivity contribution in [3.63, 3.8) is 0 Å². The Labute approximate surface area is 244 Å². The fourth-order valence-electron chi connectivity index (χ4n) is 6.53. The lowest BCUT2D eigenvalue weighted by atomic mass is 9.61. The quantitative estimate of drug-likeness (QED) is 0.289. The maximum atomic E-state index is 13.9. The largest absolute Gasteiger partial charge is 0.502 e. The number of hydrogen-bond donors (Lipinski definition) is 1. The van der Waals surface area contributed by atoms with Gasteiger partial charge < -0.3 is 14.6 Å². The van der Waals surface area contributed by atoms with E-state index in [-0.39, 0.29) is 51.5 Å². The van der Waals surface area contributed by atoms with Crippen molar-refractivity contribution in [1.82, 2.24) is 0 Å². The number of carbonyl (C=O) groups is 4. The van der Waals surface area contributed by atoms with Crippen LogP contribution in [0.1, 0.15) is 18.4 Å². The van der Waals surface area contributed by atoms with Gasteiger partial charge in [-0.15, -0.1) is 0 Å². The molecule has 1 N–H and O–H groups in total. The smallest absolute Gasteiger partial charge is 0.238 e. The molecule has 0 bridgehead atoms. The summed E-state index contributed by atoms with van der Waals surface area (Å²) in [5.74, 6) is -2.98. The van der Waals surface area contributed by atoms with E-state index in [0.717, 1.165) is 5.57 Å². The molecule has 0 spiro atoms. The summed E-state index contributed by atoms with van der Waals surface area (Å²) >= 11 is 3.24. The van der Waals surface area contributed by atoms with Gasteiger partial charge in [-0.2, -0.15) is 0 Å². The van der Waals surface area contributed by atoms with Gasteiger partial charge in [0.1, 0.15) is 0 Å². The molecule has 1 heterocycles. The van der Waals surface area contributed by atoms with Crippen molar-refractivity contribution >= 4 is 51.1 Å². The number of aromatic hydroxyl groups is 1. The lowest BCUT2D eigenvalue weighted by molar-refractivity contribution is -0.123. The molecular formula is C32H26BrNO7. The third-order valence-electron chi connectivity index (χ3n) is 8.38. The van der Waals surface area contributed by atoms with Crippen LogP contribution in [0.15, 0.2) is 81.9 Å². The number of Topliss-reactive ketones (excluding diaryl/α,β-unsaturated/α-hetero) is 1. The second-order valence-corrected chi connectivity index (χ2v) is 11.3. The fraction of sp³-hybridized carbons (Fsp3) is 0.250. The first kappa shape index (κ1) is 27.0. The SMILES string of the molecule is COc1cc(C=C[C@H]2C3=CC[C@@H]4C(=O)N(c5ccccc5)C(=O)[C@@H]4[C@@H]3CC3=C2C(=O)C=C(Br)C3=O)cc(OC)c1O. The van der Waals surface area contributed by atoms with Crippen LogP contribution in [-0.4, -0.2) is 42.7 Å². The summed E-state index contributed by atoms with van der Waals surface area (Å²) in [5, 5.41) is 10.3. The zero-order chi connectivity index (χ0) is 29.0. The van der Waals surface area contributed by atoms with E-state index in [1.807, 2.05) is 18.2 Å². The Hall–Kier alpha value is -4.24. The van der Waals surface area contributed by atoms with Crippen molar-refractivity contribution in [2.45, 2.75) is 12.8 Å². The standard InChI is InChI=1S/C32H26BrNO7/c1-40-25-12-16(13-26(41-2)30(25)37)8-9-19-18-10-11-20-28(32(39)34(31(20)38)17-6-4-3-5-7-17)21(18)14-22-27(19)24(35)15-23(33)29(22)36/h3-10,12-13,15,19-21,28,37H,11,14H2,1-2H3/t19-,20-,21+,28-/m0/s1. The van der Waals surface area contributed by atoms with Gasteiger partial charge in [0, 0.05) is 23.1 Å². The van der Waals surface area contributed by atoms with Crippen LogP contribution >= 0.6 is 15.9 Å². The number of benzene rings is 2. The average molecular weight is 616 g/mol. The Morgan fingerprint density at radius 3 is 2.32 bits per heavy atom. The molecule has 1 fully saturated rings. The Morgan fingerprint density at radius 2 is 1.66 bits per heavy atom. The monoisotopic (exact) mass is 615 g/mol. The van der Waals surface area contributed by atoms with Crippen molar-refractivity contribution in [3.8, 4) is 17.2 Å². The average Bonchev–Trinajstić information content (AvgIpc) is 3.24. The number of anilines is 1. The van der Waals surface area contributed by atoms with Gasteiger partial charge in [0.25, 0.3) is 0 Å². The lowest BCUT2D eigenvalue weighted by Crippen LogP contribution is -2.40. The highest BCUT2D eigenvalue weighted by molar-refractivity contribution is 9.12. The molecule has 0 aromatic heterocycles. The molecule has 6 rings (SSSR count). The van der Waals surface area contributed by atoms with Gasteiger partial charge in [-0.05, 0) is 64.5 Å². The van der Waals surface area contributed by atoms with E-state index in [4.69, 9.17) is 9.47 Å². The van der Waals surface area contributed by atoms with Gasteiger partial charge >= 0.3 is 0 Å². The zero-order valence-electron chi connectivity index (χ0n) is 22.3. The van der Waals surface area contributed by atoms with E-state index in [2.05, 4.69) is 15.9 Å². The predicted molar refractivity (Wildman–Crippen MR) is 155 cm³/mol. The van der Waals surface area contributed by atoms with Crippen LogP contribution in [0.3, 0.4) is 0 Å². The van der Waals surface area contributed by atoms with E-state index in [1.165, 1.54) is 25.2 Å². The third-order valence-corrected chi connectivity index (χ3v) is 8.97. The van der Waals surface area contributed by atoms with Crippen molar-refractivity contribution in [2.24, 2.45) is 23.7 Å². The molecule has 208 valence electrons. The molecule has 41 heavy (non-hydrogen) atoms. The van der Waals surface area contributed by atoms with Gasteiger partial charge in [0.05, 0.1) is 36.2 Å². The molecule has 9 heteroatoms. The van der Waals surface area contributed by atoms with Gasteiger partial charge in [-0.1, -0.05) is 42.0 Å². The highest BCUT2D eigenvalue weighted by Crippen LogP contribution is 2.53. The molecule has 8 nitrogen and oxygen atoms in total. The van der Waals surface area contributed by atoms with Gasteiger partial charge in [-0.25, -0.2) is 0 Å². The van der Waals surface area contributed by atoms with Crippen LogP contribution in [0.2, 0.25) is 0 Å². The number of rotatable bonds is 5. The van der Waals surface area contributed by atoms with Crippen LogP contribution in [-0.2, 0) is 19.2 Å². The molecular weight excluding hydrogens is 590 g/mol.